The first kappa shape index (κ1) is 16.6. The largest absolute Gasteiger partial charge is 0.496 e. The molecule has 114 valence electrons. The zero-order valence-corrected chi connectivity index (χ0v) is 14.9. The lowest BCUT2D eigenvalue weighted by atomic mass is 9.95. The Labute approximate surface area is 140 Å². The van der Waals surface area contributed by atoms with Crippen LogP contribution in [0.1, 0.15) is 35.2 Å². The third-order valence-electron chi connectivity index (χ3n) is 3.62. The van der Waals surface area contributed by atoms with Gasteiger partial charge in [0.2, 0.25) is 0 Å². The van der Waals surface area contributed by atoms with Crippen LogP contribution in [0.3, 0.4) is 0 Å². The summed E-state index contributed by atoms with van der Waals surface area (Å²) in [7, 11) is 1.70. The van der Waals surface area contributed by atoms with Gasteiger partial charge in [-0.1, -0.05) is 42.3 Å². The molecule has 2 rings (SSSR count). The summed E-state index contributed by atoms with van der Waals surface area (Å²) < 4.78 is 7.05. The molecule has 0 saturated heterocycles. The summed E-state index contributed by atoms with van der Waals surface area (Å²) in [5.74, 6) is 0.902. The van der Waals surface area contributed by atoms with Gasteiger partial charge in [0.1, 0.15) is 5.75 Å². The predicted molar refractivity (Wildman–Crippen MR) is 92.3 cm³/mol. The van der Waals surface area contributed by atoms with Crippen LogP contribution in [0.25, 0.3) is 0 Å². The van der Waals surface area contributed by atoms with Gasteiger partial charge >= 0.3 is 0 Å². The van der Waals surface area contributed by atoms with Crippen molar-refractivity contribution in [1.82, 2.24) is 5.32 Å². The maximum Gasteiger partial charge on any atom is 0.127 e. The van der Waals surface area contributed by atoms with Crippen LogP contribution in [0, 0.1) is 13.8 Å². The second-order valence-electron chi connectivity index (χ2n) is 4.90. The Morgan fingerprint density at radius 1 is 1.24 bits per heavy atom. The molecule has 1 atom stereocenters. The van der Waals surface area contributed by atoms with Crippen molar-refractivity contribution in [3.8, 4) is 5.75 Å². The summed E-state index contributed by atoms with van der Waals surface area (Å²) in [6.07, 6.45) is 0. The van der Waals surface area contributed by atoms with Crippen molar-refractivity contribution in [2.75, 3.05) is 13.7 Å². The molecule has 0 radical (unpaired) electrons. The van der Waals surface area contributed by atoms with Gasteiger partial charge in [0.15, 0.2) is 0 Å². The molecule has 0 aliphatic carbocycles. The molecule has 0 spiro atoms. The highest BCUT2D eigenvalue weighted by Gasteiger charge is 2.23. The van der Waals surface area contributed by atoms with Crippen LogP contribution < -0.4 is 10.1 Å². The van der Waals surface area contributed by atoms with Crippen LogP contribution in [-0.2, 0) is 0 Å². The van der Waals surface area contributed by atoms with E-state index in [1.54, 1.807) is 7.11 Å². The van der Waals surface area contributed by atoms with Crippen molar-refractivity contribution in [1.29, 1.82) is 0 Å². The van der Waals surface area contributed by atoms with Crippen molar-refractivity contribution in [3.05, 3.63) is 49.1 Å². The zero-order chi connectivity index (χ0) is 15.6. The van der Waals surface area contributed by atoms with Gasteiger partial charge in [0.25, 0.3) is 0 Å². The molecule has 1 aromatic heterocycles. The van der Waals surface area contributed by atoms with Gasteiger partial charge in [-0.2, -0.15) is 0 Å². The number of hydrogen-bond donors (Lipinski definition) is 1. The minimum atomic E-state index is -0.0273. The number of aryl methyl sites for hydroxylation is 1. The molecule has 1 heterocycles. The summed E-state index contributed by atoms with van der Waals surface area (Å²) in [6, 6.07) is 6.10. The quantitative estimate of drug-likeness (QED) is 0.786. The summed E-state index contributed by atoms with van der Waals surface area (Å²) in [6.45, 7) is 7.05. The van der Waals surface area contributed by atoms with Crippen LogP contribution in [0.15, 0.2) is 18.2 Å². The molecule has 0 saturated carbocycles. The first-order chi connectivity index (χ1) is 9.99. The normalized spacial score (nSPS) is 12.5. The van der Waals surface area contributed by atoms with Crippen molar-refractivity contribution in [2.24, 2.45) is 0 Å². The molecule has 0 bridgehead atoms. The highest BCUT2D eigenvalue weighted by Crippen LogP contribution is 2.41. The summed E-state index contributed by atoms with van der Waals surface area (Å²) in [4.78, 5) is 0. The monoisotopic (exact) mass is 343 g/mol. The van der Waals surface area contributed by atoms with Crippen LogP contribution in [0.4, 0.5) is 0 Å². The number of thiophene rings is 1. The van der Waals surface area contributed by atoms with E-state index in [4.69, 9.17) is 27.9 Å². The Balaban J connectivity index is 2.58. The molecule has 21 heavy (non-hydrogen) atoms. The highest BCUT2D eigenvalue weighted by molar-refractivity contribution is 7.20. The molecule has 5 heteroatoms. The van der Waals surface area contributed by atoms with E-state index in [1.807, 2.05) is 6.07 Å². The standard InChI is InChI=1S/C16H19Cl2NOS/c1-5-19-14(12-8-13(17)21-16(12)18)11-7-6-9(2)10(3)15(11)20-4/h6-8,14,19H,5H2,1-4H3. The Kier molecular flexibility index (Phi) is 5.55. The number of nitrogens with one attached hydrogen (secondary N) is 1. The molecule has 0 fully saturated rings. The average Bonchev–Trinajstić information content (AvgIpc) is 2.78. The maximum absolute atomic E-state index is 6.35. The molecule has 0 aliphatic heterocycles. The van der Waals surface area contributed by atoms with Gasteiger partial charge in [0, 0.05) is 11.1 Å². The van der Waals surface area contributed by atoms with E-state index in [-0.39, 0.29) is 6.04 Å². The molecule has 2 aromatic rings. The number of rotatable bonds is 5. The lowest BCUT2D eigenvalue weighted by Crippen LogP contribution is -2.22. The maximum atomic E-state index is 6.35. The molecular formula is C16H19Cl2NOS. The fraction of sp³-hybridized carbons (Fsp3) is 0.375. The minimum absolute atomic E-state index is 0.0273. The van der Waals surface area contributed by atoms with Crippen molar-refractivity contribution in [3.63, 3.8) is 0 Å². The fourth-order valence-corrected chi connectivity index (χ4v) is 3.98. The van der Waals surface area contributed by atoms with Gasteiger partial charge < -0.3 is 10.1 Å². The van der Waals surface area contributed by atoms with E-state index < -0.39 is 0 Å². The van der Waals surface area contributed by atoms with Crippen molar-refractivity contribution in [2.45, 2.75) is 26.8 Å². The fourth-order valence-electron chi connectivity index (χ4n) is 2.45. The number of hydrogen-bond acceptors (Lipinski definition) is 3. The molecule has 1 N–H and O–H groups in total. The molecule has 0 amide bonds. The van der Waals surface area contributed by atoms with E-state index in [2.05, 4.69) is 38.2 Å². The van der Waals surface area contributed by atoms with Crippen molar-refractivity contribution >= 4 is 34.5 Å². The van der Waals surface area contributed by atoms with E-state index >= 15 is 0 Å². The first-order valence-electron chi connectivity index (χ1n) is 6.81. The highest BCUT2D eigenvalue weighted by atomic mass is 35.5. The van der Waals surface area contributed by atoms with Crippen LogP contribution in [-0.4, -0.2) is 13.7 Å². The zero-order valence-electron chi connectivity index (χ0n) is 12.6. The average molecular weight is 344 g/mol. The third-order valence-corrected chi connectivity index (χ3v) is 5.14. The molecule has 2 nitrogen and oxygen atoms in total. The van der Waals surface area contributed by atoms with E-state index in [0.717, 1.165) is 29.0 Å². The Morgan fingerprint density at radius 3 is 2.48 bits per heavy atom. The topological polar surface area (TPSA) is 21.3 Å². The Hall–Kier alpha value is -0.740. The van der Waals surface area contributed by atoms with E-state index in [1.165, 1.54) is 16.9 Å². The van der Waals surface area contributed by atoms with Gasteiger partial charge in [-0.25, -0.2) is 0 Å². The molecule has 0 aliphatic rings. The SMILES string of the molecule is CCNC(c1cc(Cl)sc1Cl)c1ccc(C)c(C)c1OC. The lowest BCUT2D eigenvalue weighted by Gasteiger charge is -2.22. The van der Waals surface area contributed by atoms with E-state index in [0.29, 0.717) is 8.67 Å². The van der Waals surface area contributed by atoms with E-state index in [9.17, 15) is 0 Å². The van der Waals surface area contributed by atoms with Crippen molar-refractivity contribution < 1.29 is 4.74 Å². The second kappa shape index (κ2) is 7.01. The Morgan fingerprint density at radius 2 is 1.95 bits per heavy atom. The number of ether oxygens (including phenoxy) is 1. The van der Waals surface area contributed by atoms with Crippen LogP contribution >= 0.6 is 34.5 Å². The number of methoxy groups -OCH3 is 1. The molecular weight excluding hydrogens is 325 g/mol. The molecule has 1 aromatic carbocycles. The lowest BCUT2D eigenvalue weighted by molar-refractivity contribution is 0.401. The summed E-state index contributed by atoms with van der Waals surface area (Å²) in [5.41, 5.74) is 4.43. The molecule has 1 unspecified atom stereocenters. The summed E-state index contributed by atoms with van der Waals surface area (Å²) in [5, 5.41) is 3.47. The third kappa shape index (κ3) is 3.37. The van der Waals surface area contributed by atoms with Crippen LogP contribution in [0.5, 0.6) is 5.75 Å². The van der Waals surface area contributed by atoms with Gasteiger partial charge in [0.05, 0.1) is 21.8 Å². The van der Waals surface area contributed by atoms with Gasteiger partial charge in [-0.3, -0.25) is 0 Å². The van der Waals surface area contributed by atoms with Gasteiger partial charge in [-0.05, 0) is 37.6 Å². The minimum Gasteiger partial charge on any atom is -0.496 e. The predicted octanol–water partition coefficient (Wildman–Crippen LogP) is 5.38. The Bertz CT molecular complexity index is 639. The number of benzene rings is 1. The smallest absolute Gasteiger partial charge is 0.127 e. The summed E-state index contributed by atoms with van der Waals surface area (Å²) >= 11 is 13.8. The second-order valence-corrected chi connectivity index (χ2v) is 7.19. The van der Waals surface area contributed by atoms with Crippen LogP contribution in [0.2, 0.25) is 8.67 Å². The number of halogens is 2. The van der Waals surface area contributed by atoms with Gasteiger partial charge in [-0.15, -0.1) is 11.3 Å². The first-order valence-corrected chi connectivity index (χ1v) is 8.39.